The fourth-order valence-electron chi connectivity index (χ4n) is 0.744. The summed E-state index contributed by atoms with van der Waals surface area (Å²) >= 11 is 9.38. The molecular formula is C7H16N3NaO3S3. The Balaban J connectivity index is 0. The third-order valence-electron chi connectivity index (χ3n) is 1.66. The van der Waals surface area contributed by atoms with Crippen molar-refractivity contribution in [1.29, 1.82) is 0 Å². The van der Waals surface area contributed by atoms with Crippen LogP contribution in [0.3, 0.4) is 0 Å². The van der Waals surface area contributed by atoms with E-state index in [1.54, 1.807) is 0 Å². The number of hydrogen-bond donors (Lipinski definition) is 2. The minimum absolute atomic E-state index is 0. The maximum absolute atomic E-state index is 11.4. The molecule has 0 fully saturated rings. The van der Waals surface area contributed by atoms with E-state index in [9.17, 15) is 8.42 Å². The van der Waals surface area contributed by atoms with Gasteiger partial charge in [0.15, 0.2) is 0 Å². The molecule has 0 heterocycles. The molecule has 1 unspecified atom stereocenters. The van der Waals surface area contributed by atoms with E-state index in [1.807, 2.05) is 0 Å². The fraction of sp³-hybridized carbons (Fsp3) is 0.714. The van der Waals surface area contributed by atoms with Gasteiger partial charge in [0.25, 0.3) is 0 Å². The Kier molecular flexibility index (Phi) is 10.2. The maximum atomic E-state index is 11.4. The van der Waals surface area contributed by atoms with E-state index in [0.29, 0.717) is 6.42 Å². The molecule has 0 aliphatic heterocycles. The Hall–Kier alpha value is 0.650. The van der Waals surface area contributed by atoms with Crippen molar-refractivity contribution in [2.75, 3.05) is 14.1 Å². The SMILES string of the molecule is CN(C)S(=O)(=O)OC(CCC(N)=S)C(N)=S.[NaH]. The van der Waals surface area contributed by atoms with Crippen molar-refractivity contribution < 1.29 is 12.6 Å². The minimum atomic E-state index is -3.81. The first kappa shape index (κ1) is 20.0. The molecule has 17 heavy (non-hydrogen) atoms. The number of nitrogens with zero attached hydrogens (tertiary/aromatic N) is 1. The van der Waals surface area contributed by atoms with Crippen LogP contribution >= 0.6 is 24.4 Å². The molecule has 6 nitrogen and oxygen atoms in total. The number of nitrogens with two attached hydrogens (primary N) is 2. The molecule has 10 heteroatoms. The van der Waals surface area contributed by atoms with Gasteiger partial charge in [-0.1, -0.05) is 24.4 Å². The van der Waals surface area contributed by atoms with Crippen molar-refractivity contribution in [3.05, 3.63) is 0 Å². The van der Waals surface area contributed by atoms with Crippen LogP contribution in [0.5, 0.6) is 0 Å². The van der Waals surface area contributed by atoms with Crippen molar-refractivity contribution in [2.24, 2.45) is 11.5 Å². The molecule has 0 radical (unpaired) electrons. The van der Waals surface area contributed by atoms with Crippen molar-refractivity contribution >= 4 is 74.3 Å². The summed E-state index contributed by atoms with van der Waals surface area (Å²) in [5.41, 5.74) is 10.7. The van der Waals surface area contributed by atoms with Gasteiger partial charge in [-0.05, 0) is 6.42 Å². The van der Waals surface area contributed by atoms with Crippen LogP contribution in [0, 0.1) is 0 Å². The summed E-state index contributed by atoms with van der Waals surface area (Å²) in [5.74, 6) is 0. The molecule has 1 atom stereocenters. The molecular weight excluding hydrogens is 293 g/mol. The van der Waals surface area contributed by atoms with Crippen LogP contribution in [0.4, 0.5) is 0 Å². The van der Waals surface area contributed by atoms with Gasteiger partial charge in [0.05, 0.1) is 4.99 Å². The molecule has 0 amide bonds. The summed E-state index contributed by atoms with van der Waals surface area (Å²) in [4.78, 5) is 0.216. The standard InChI is InChI=1S/C7H15N3O3S3.Na.H/c1-10(2)16(11,12)13-5(7(9)15)3-4-6(8)14;;/h5H,3-4H2,1-2H3,(H2,8,14)(H2,9,15);;. The Labute approximate surface area is 135 Å². The first-order chi connectivity index (χ1) is 7.16. The molecule has 4 N–H and O–H groups in total. The first-order valence-corrected chi connectivity index (χ1v) is 6.53. The summed E-state index contributed by atoms with van der Waals surface area (Å²) in [5, 5.41) is 0. The van der Waals surface area contributed by atoms with Crippen LogP contribution in [0.1, 0.15) is 12.8 Å². The van der Waals surface area contributed by atoms with Gasteiger partial charge in [-0.25, -0.2) is 4.18 Å². The molecule has 0 aromatic carbocycles. The Morgan fingerprint density at radius 1 is 1.35 bits per heavy atom. The van der Waals surface area contributed by atoms with E-state index in [2.05, 4.69) is 12.2 Å². The Morgan fingerprint density at radius 3 is 2.12 bits per heavy atom. The molecule has 0 rings (SSSR count). The Bertz CT molecular complexity index is 372. The van der Waals surface area contributed by atoms with Gasteiger partial charge in [0.1, 0.15) is 11.1 Å². The fourth-order valence-corrected chi connectivity index (χ4v) is 1.75. The average molecular weight is 309 g/mol. The summed E-state index contributed by atoms with van der Waals surface area (Å²) in [6.07, 6.45) is -0.318. The summed E-state index contributed by atoms with van der Waals surface area (Å²) in [6.45, 7) is 0. The third kappa shape index (κ3) is 8.38. The van der Waals surface area contributed by atoms with E-state index < -0.39 is 16.4 Å². The molecule has 0 spiro atoms. The molecule has 0 saturated carbocycles. The number of thiocarbonyl (C=S) groups is 2. The molecule has 96 valence electrons. The first-order valence-electron chi connectivity index (χ1n) is 4.35. The number of rotatable bonds is 7. The van der Waals surface area contributed by atoms with E-state index >= 15 is 0 Å². The van der Waals surface area contributed by atoms with E-state index in [-0.39, 0.29) is 46.0 Å². The van der Waals surface area contributed by atoms with Crippen LogP contribution in [0.15, 0.2) is 0 Å². The summed E-state index contributed by atoms with van der Waals surface area (Å²) in [6, 6.07) is 0. The van der Waals surface area contributed by atoms with Gasteiger partial charge in [0, 0.05) is 20.5 Å². The normalized spacial score (nSPS) is 12.9. The van der Waals surface area contributed by atoms with Gasteiger partial charge < -0.3 is 11.5 Å². The topological polar surface area (TPSA) is 98.6 Å². The van der Waals surface area contributed by atoms with Gasteiger partial charge in [-0.2, -0.15) is 12.7 Å². The van der Waals surface area contributed by atoms with E-state index in [4.69, 9.17) is 27.9 Å². The van der Waals surface area contributed by atoms with Crippen LogP contribution in [0.25, 0.3) is 0 Å². The Morgan fingerprint density at radius 2 is 1.82 bits per heavy atom. The van der Waals surface area contributed by atoms with Gasteiger partial charge in [0.2, 0.25) is 0 Å². The molecule has 0 aliphatic rings. The molecule has 0 aromatic rings. The quantitative estimate of drug-likeness (QED) is 0.454. The monoisotopic (exact) mass is 309 g/mol. The van der Waals surface area contributed by atoms with Crippen molar-refractivity contribution in [2.45, 2.75) is 18.9 Å². The second-order valence-electron chi connectivity index (χ2n) is 3.23. The predicted octanol–water partition coefficient (Wildman–Crippen LogP) is -1.12. The van der Waals surface area contributed by atoms with Crippen LogP contribution in [-0.4, -0.2) is 72.5 Å². The predicted molar refractivity (Wildman–Crippen MR) is 77.4 cm³/mol. The van der Waals surface area contributed by atoms with Crippen LogP contribution in [0.2, 0.25) is 0 Å². The molecule has 0 bridgehead atoms. The second-order valence-corrected chi connectivity index (χ2v) is 6.01. The van der Waals surface area contributed by atoms with E-state index in [0.717, 1.165) is 4.31 Å². The van der Waals surface area contributed by atoms with Gasteiger partial charge in [-0.15, -0.1) is 0 Å². The molecule has 0 aromatic heterocycles. The van der Waals surface area contributed by atoms with Crippen LogP contribution < -0.4 is 11.5 Å². The summed E-state index contributed by atoms with van der Waals surface area (Å²) < 4.78 is 28.6. The third-order valence-corrected chi connectivity index (χ3v) is 3.49. The molecule has 0 saturated heterocycles. The van der Waals surface area contributed by atoms with E-state index in [1.165, 1.54) is 14.1 Å². The van der Waals surface area contributed by atoms with Crippen molar-refractivity contribution in [1.82, 2.24) is 4.31 Å². The van der Waals surface area contributed by atoms with Crippen LogP contribution in [-0.2, 0) is 14.5 Å². The zero-order chi connectivity index (χ0) is 12.9. The van der Waals surface area contributed by atoms with Crippen molar-refractivity contribution in [3.8, 4) is 0 Å². The zero-order valence-corrected chi connectivity index (χ0v) is 11.5. The zero-order valence-electron chi connectivity index (χ0n) is 9.04. The van der Waals surface area contributed by atoms with Crippen molar-refractivity contribution in [3.63, 3.8) is 0 Å². The van der Waals surface area contributed by atoms with Gasteiger partial charge in [-0.3, -0.25) is 0 Å². The van der Waals surface area contributed by atoms with Gasteiger partial charge >= 0.3 is 39.9 Å². The molecule has 0 aliphatic carbocycles. The average Bonchev–Trinajstić information content (AvgIpc) is 2.11. The number of hydrogen-bond acceptors (Lipinski definition) is 5. The summed E-state index contributed by atoms with van der Waals surface area (Å²) in [7, 11) is -1.12. The second kappa shape index (κ2) is 8.70.